The van der Waals surface area contributed by atoms with Crippen molar-refractivity contribution in [1.29, 1.82) is 0 Å². The van der Waals surface area contributed by atoms with E-state index in [2.05, 4.69) is 6.92 Å². The third kappa shape index (κ3) is 13.5. The highest BCUT2D eigenvalue weighted by Crippen LogP contribution is 2.11. The minimum atomic E-state index is -0.282. The van der Waals surface area contributed by atoms with Gasteiger partial charge in [-0.15, -0.1) is 0 Å². The molecule has 0 aliphatic rings. The third-order valence-corrected chi connectivity index (χ3v) is 2.90. The number of nitrogens with two attached hydrogens (primary N) is 1. The zero-order chi connectivity index (χ0) is 12.1. The maximum Gasteiger partial charge on any atom is 0.221 e. The van der Waals surface area contributed by atoms with Gasteiger partial charge >= 0.3 is 0 Å². The Hall–Kier alpha value is -0.530. The molecular formula is C14H28NO. The predicted octanol–water partition coefficient (Wildman–Crippen LogP) is 3.99. The second-order valence-corrected chi connectivity index (χ2v) is 4.58. The Labute approximate surface area is 101 Å². The average molecular weight is 226 g/mol. The Bertz CT molecular complexity index is 157. The fourth-order valence-electron chi connectivity index (χ4n) is 1.88. The molecule has 2 heteroatoms. The maximum absolute atomic E-state index is 10.4. The van der Waals surface area contributed by atoms with Crippen molar-refractivity contribution in [1.82, 2.24) is 0 Å². The number of hydrogen-bond donors (Lipinski definition) is 1. The number of carbonyl (C=O) groups is 1. The molecule has 0 fully saturated rings. The molecule has 0 atom stereocenters. The van der Waals surface area contributed by atoms with Gasteiger partial charge in [-0.1, -0.05) is 71.1 Å². The molecule has 0 aliphatic heterocycles. The van der Waals surface area contributed by atoms with E-state index in [9.17, 15) is 4.79 Å². The molecule has 95 valence electrons. The first-order valence-corrected chi connectivity index (χ1v) is 6.90. The lowest BCUT2D eigenvalue weighted by molar-refractivity contribution is -0.115. The van der Waals surface area contributed by atoms with Crippen LogP contribution in [0.25, 0.3) is 0 Å². The third-order valence-electron chi connectivity index (χ3n) is 2.90. The van der Waals surface area contributed by atoms with Gasteiger partial charge in [0.15, 0.2) is 0 Å². The van der Waals surface area contributed by atoms with Crippen LogP contribution >= 0.6 is 0 Å². The summed E-state index contributed by atoms with van der Waals surface area (Å²) in [6.45, 7) is 2.25. The van der Waals surface area contributed by atoms with Gasteiger partial charge in [-0.05, 0) is 6.42 Å². The highest BCUT2D eigenvalue weighted by Gasteiger charge is 1.95. The van der Waals surface area contributed by atoms with Gasteiger partial charge in [-0.25, -0.2) is 0 Å². The summed E-state index contributed by atoms with van der Waals surface area (Å²) < 4.78 is 0. The quantitative estimate of drug-likeness (QED) is 0.502. The number of amides is 1. The second-order valence-electron chi connectivity index (χ2n) is 4.58. The van der Waals surface area contributed by atoms with E-state index in [4.69, 9.17) is 5.73 Å². The Morgan fingerprint density at radius 2 is 1.31 bits per heavy atom. The normalized spacial score (nSPS) is 10.6. The van der Waals surface area contributed by atoms with Crippen LogP contribution in [-0.2, 0) is 4.79 Å². The maximum atomic E-state index is 10.4. The van der Waals surface area contributed by atoms with E-state index < -0.39 is 0 Å². The minimum Gasteiger partial charge on any atom is -0.369 e. The molecule has 2 N–H and O–H groups in total. The van der Waals surface area contributed by atoms with Gasteiger partial charge in [-0.3, -0.25) is 4.79 Å². The molecule has 0 aliphatic carbocycles. The number of hydrogen-bond acceptors (Lipinski definition) is 1. The van der Waals surface area contributed by atoms with Gasteiger partial charge in [0, 0.05) is 6.42 Å². The lowest BCUT2D eigenvalue weighted by Crippen LogP contribution is -2.10. The summed E-state index contributed by atoms with van der Waals surface area (Å²) >= 11 is 0. The SMILES string of the molecule is CCCCCCCCCCCC[CH]C(N)=O. The molecule has 0 aromatic heterocycles. The van der Waals surface area contributed by atoms with Crippen molar-refractivity contribution in [3.8, 4) is 0 Å². The molecule has 0 heterocycles. The van der Waals surface area contributed by atoms with Crippen LogP contribution < -0.4 is 5.73 Å². The highest BCUT2D eigenvalue weighted by atomic mass is 16.1. The molecule has 16 heavy (non-hydrogen) atoms. The van der Waals surface area contributed by atoms with Gasteiger partial charge < -0.3 is 5.73 Å². The molecule has 0 aromatic carbocycles. The summed E-state index contributed by atoms with van der Waals surface area (Å²) in [5.74, 6) is -0.282. The van der Waals surface area contributed by atoms with Crippen LogP contribution in [0.5, 0.6) is 0 Å². The Kier molecular flexibility index (Phi) is 12.1. The first kappa shape index (κ1) is 15.5. The van der Waals surface area contributed by atoms with E-state index in [1.165, 1.54) is 57.8 Å². The zero-order valence-electron chi connectivity index (χ0n) is 10.8. The van der Waals surface area contributed by atoms with Crippen LogP contribution in [0.2, 0.25) is 0 Å². The topological polar surface area (TPSA) is 43.1 Å². The molecule has 0 aromatic rings. The van der Waals surface area contributed by atoms with Crippen LogP contribution in [-0.4, -0.2) is 5.91 Å². The van der Waals surface area contributed by atoms with Crippen LogP contribution in [0.15, 0.2) is 0 Å². The summed E-state index contributed by atoms with van der Waals surface area (Å²) in [5.41, 5.74) is 5.02. The summed E-state index contributed by atoms with van der Waals surface area (Å²) in [6, 6.07) is 0. The Morgan fingerprint density at radius 1 is 0.875 bits per heavy atom. The summed E-state index contributed by atoms with van der Waals surface area (Å²) in [7, 11) is 0. The molecular weight excluding hydrogens is 198 g/mol. The molecule has 1 amide bonds. The monoisotopic (exact) mass is 226 g/mol. The molecule has 2 nitrogen and oxygen atoms in total. The van der Waals surface area contributed by atoms with E-state index in [0.29, 0.717) is 0 Å². The van der Waals surface area contributed by atoms with E-state index in [1.807, 2.05) is 0 Å². The Morgan fingerprint density at radius 3 is 1.75 bits per heavy atom. The van der Waals surface area contributed by atoms with Gasteiger partial charge in [0.05, 0.1) is 0 Å². The largest absolute Gasteiger partial charge is 0.369 e. The zero-order valence-corrected chi connectivity index (χ0v) is 10.8. The van der Waals surface area contributed by atoms with Gasteiger partial charge in [0.2, 0.25) is 5.91 Å². The van der Waals surface area contributed by atoms with Gasteiger partial charge in [0.1, 0.15) is 0 Å². The predicted molar refractivity (Wildman–Crippen MR) is 70.0 cm³/mol. The highest BCUT2D eigenvalue weighted by molar-refractivity contribution is 5.82. The van der Waals surface area contributed by atoms with Crippen LogP contribution in [0, 0.1) is 6.42 Å². The lowest BCUT2D eigenvalue weighted by atomic mass is 10.1. The van der Waals surface area contributed by atoms with Crippen LogP contribution in [0.1, 0.15) is 77.6 Å². The molecule has 0 rings (SSSR count). The van der Waals surface area contributed by atoms with Crippen molar-refractivity contribution in [2.24, 2.45) is 5.73 Å². The number of primary amides is 1. The molecule has 0 spiro atoms. The fraction of sp³-hybridized carbons (Fsp3) is 0.857. The summed E-state index contributed by atoms with van der Waals surface area (Å²) in [4.78, 5) is 10.4. The first-order valence-electron chi connectivity index (χ1n) is 6.90. The van der Waals surface area contributed by atoms with E-state index in [-0.39, 0.29) is 5.91 Å². The van der Waals surface area contributed by atoms with Crippen LogP contribution in [0.3, 0.4) is 0 Å². The number of unbranched alkanes of at least 4 members (excludes halogenated alkanes) is 10. The van der Waals surface area contributed by atoms with Crippen molar-refractivity contribution in [2.75, 3.05) is 0 Å². The molecule has 0 saturated heterocycles. The standard InChI is InChI=1S/C14H28NO/c1-2-3-4-5-6-7-8-9-10-11-12-13-14(15)16/h13H,2-12H2,1H3,(H2,15,16). The second kappa shape index (κ2) is 12.5. The number of carbonyl (C=O) groups excluding carboxylic acids is 1. The van der Waals surface area contributed by atoms with Crippen molar-refractivity contribution in [3.05, 3.63) is 6.42 Å². The molecule has 1 radical (unpaired) electrons. The average Bonchev–Trinajstić information content (AvgIpc) is 2.25. The minimum absolute atomic E-state index is 0.282. The van der Waals surface area contributed by atoms with Crippen molar-refractivity contribution >= 4 is 5.91 Å². The first-order chi connectivity index (χ1) is 7.77. The molecule has 0 unspecified atom stereocenters. The molecule has 0 saturated carbocycles. The Balaban J connectivity index is 2.90. The fourth-order valence-corrected chi connectivity index (χ4v) is 1.88. The molecule has 0 bridgehead atoms. The number of rotatable bonds is 12. The van der Waals surface area contributed by atoms with Crippen LogP contribution in [0.4, 0.5) is 0 Å². The summed E-state index contributed by atoms with van der Waals surface area (Å²) in [5, 5.41) is 0. The van der Waals surface area contributed by atoms with Gasteiger partial charge in [0.25, 0.3) is 0 Å². The van der Waals surface area contributed by atoms with Gasteiger partial charge in [-0.2, -0.15) is 0 Å². The van der Waals surface area contributed by atoms with E-state index in [1.54, 1.807) is 6.42 Å². The lowest BCUT2D eigenvalue weighted by Gasteiger charge is -2.01. The van der Waals surface area contributed by atoms with Crippen molar-refractivity contribution < 1.29 is 4.79 Å². The van der Waals surface area contributed by atoms with E-state index in [0.717, 1.165) is 12.8 Å². The smallest absolute Gasteiger partial charge is 0.221 e. The summed E-state index contributed by atoms with van der Waals surface area (Å²) in [6.07, 6.45) is 15.8. The van der Waals surface area contributed by atoms with E-state index >= 15 is 0 Å². The van der Waals surface area contributed by atoms with Crippen molar-refractivity contribution in [2.45, 2.75) is 77.6 Å². The van der Waals surface area contributed by atoms with Crippen molar-refractivity contribution in [3.63, 3.8) is 0 Å².